The van der Waals surface area contributed by atoms with Gasteiger partial charge < -0.3 is 15.3 Å². The van der Waals surface area contributed by atoms with E-state index in [1.165, 1.54) is 0 Å². The van der Waals surface area contributed by atoms with E-state index in [0.29, 0.717) is 12.3 Å². The van der Waals surface area contributed by atoms with Gasteiger partial charge in [0, 0.05) is 17.7 Å². The minimum atomic E-state index is -1.08. The van der Waals surface area contributed by atoms with E-state index in [-0.39, 0.29) is 10.8 Å². The average Bonchev–Trinajstić information content (AvgIpc) is 2.45. The van der Waals surface area contributed by atoms with Gasteiger partial charge >= 0.3 is 5.97 Å². The molecule has 1 aromatic carbocycles. The SMILES string of the molecule is CC(C)(C)c1cc(/C=C/CN[C@@H](CO)C(=O)O)cc(C(C)(C)C)c1O. The van der Waals surface area contributed by atoms with Gasteiger partial charge in [-0.15, -0.1) is 0 Å². The molecule has 0 aliphatic carbocycles. The van der Waals surface area contributed by atoms with Crippen molar-refractivity contribution in [3.63, 3.8) is 0 Å². The summed E-state index contributed by atoms with van der Waals surface area (Å²) < 4.78 is 0. The first-order chi connectivity index (χ1) is 11.4. The van der Waals surface area contributed by atoms with Crippen molar-refractivity contribution < 1.29 is 20.1 Å². The van der Waals surface area contributed by atoms with Gasteiger partial charge in [-0.25, -0.2) is 0 Å². The standard InChI is InChI=1S/C20H31NO4/c1-19(2,3)14-10-13(11-15(17(14)23)20(4,5)6)8-7-9-21-16(12-22)18(24)25/h7-8,10-11,16,21-23H,9,12H2,1-6H3,(H,24,25)/b8-7+/t16-/m0/s1. The summed E-state index contributed by atoms with van der Waals surface area (Å²) in [4.78, 5) is 10.9. The number of nitrogens with one attached hydrogen (secondary N) is 1. The first-order valence-corrected chi connectivity index (χ1v) is 8.49. The van der Waals surface area contributed by atoms with Gasteiger partial charge in [0.15, 0.2) is 0 Å². The third kappa shape index (κ3) is 5.87. The zero-order valence-electron chi connectivity index (χ0n) is 16.1. The lowest BCUT2D eigenvalue weighted by molar-refractivity contribution is -0.140. The Morgan fingerprint density at radius 2 is 1.60 bits per heavy atom. The summed E-state index contributed by atoms with van der Waals surface area (Å²) in [5, 5.41) is 31.3. The number of carbonyl (C=O) groups is 1. The largest absolute Gasteiger partial charge is 0.507 e. The Hall–Kier alpha value is -1.85. The zero-order chi connectivity index (χ0) is 19.4. The van der Waals surface area contributed by atoms with Crippen LogP contribution in [0.4, 0.5) is 0 Å². The number of aliphatic hydroxyl groups is 1. The highest BCUT2D eigenvalue weighted by molar-refractivity contribution is 5.73. The second-order valence-corrected chi connectivity index (χ2v) is 8.35. The van der Waals surface area contributed by atoms with E-state index in [1.807, 2.05) is 24.3 Å². The molecule has 1 rings (SSSR count). The average molecular weight is 349 g/mol. The van der Waals surface area contributed by atoms with E-state index in [0.717, 1.165) is 16.7 Å². The van der Waals surface area contributed by atoms with Crippen LogP contribution in [0.3, 0.4) is 0 Å². The molecule has 0 heterocycles. The first-order valence-electron chi connectivity index (χ1n) is 8.49. The summed E-state index contributed by atoms with van der Waals surface area (Å²) in [7, 11) is 0. The Labute approximate surface area is 150 Å². The van der Waals surface area contributed by atoms with E-state index in [1.54, 1.807) is 0 Å². The minimum absolute atomic E-state index is 0.197. The van der Waals surface area contributed by atoms with Gasteiger partial charge in [-0.2, -0.15) is 0 Å². The molecule has 0 aliphatic heterocycles. The third-order valence-corrected chi connectivity index (χ3v) is 4.02. The highest BCUT2D eigenvalue weighted by atomic mass is 16.4. The molecule has 0 aromatic heterocycles. The smallest absolute Gasteiger partial charge is 0.323 e. The summed E-state index contributed by atoms with van der Waals surface area (Å²) in [5.41, 5.74) is 2.32. The third-order valence-electron chi connectivity index (χ3n) is 4.02. The van der Waals surface area contributed by atoms with Crippen LogP contribution in [0.1, 0.15) is 58.2 Å². The maximum Gasteiger partial charge on any atom is 0.323 e. The monoisotopic (exact) mass is 349 g/mol. The van der Waals surface area contributed by atoms with Crippen molar-refractivity contribution in [2.24, 2.45) is 0 Å². The summed E-state index contributed by atoms with van der Waals surface area (Å²) in [6, 6.07) is 2.95. The molecule has 0 radical (unpaired) electrons. The van der Waals surface area contributed by atoms with Crippen molar-refractivity contribution in [1.82, 2.24) is 5.32 Å². The zero-order valence-corrected chi connectivity index (χ0v) is 16.1. The molecule has 25 heavy (non-hydrogen) atoms. The normalized spacial score (nSPS) is 14.0. The molecule has 0 aliphatic rings. The van der Waals surface area contributed by atoms with Crippen LogP contribution in [0.5, 0.6) is 5.75 Å². The molecule has 0 unspecified atom stereocenters. The lowest BCUT2D eigenvalue weighted by atomic mass is 9.78. The molecule has 0 saturated carbocycles. The Kier molecular flexibility index (Phi) is 6.80. The molecular formula is C20H31NO4. The van der Waals surface area contributed by atoms with E-state index >= 15 is 0 Å². The second-order valence-electron chi connectivity index (χ2n) is 8.35. The molecule has 4 N–H and O–H groups in total. The molecule has 5 heteroatoms. The Balaban J connectivity index is 3.11. The van der Waals surface area contributed by atoms with Gasteiger partial charge in [0.25, 0.3) is 0 Å². The van der Waals surface area contributed by atoms with Crippen LogP contribution < -0.4 is 5.32 Å². The summed E-state index contributed by atoms with van der Waals surface area (Å²) >= 11 is 0. The van der Waals surface area contributed by atoms with Crippen LogP contribution in [0, 0.1) is 0 Å². The van der Waals surface area contributed by atoms with Crippen molar-refractivity contribution in [3.05, 3.63) is 34.9 Å². The molecule has 0 saturated heterocycles. The van der Waals surface area contributed by atoms with Crippen LogP contribution in [0.2, 0.25) is 0 Å². The molecule has 0 spiro atoms. The van der Waals surface area contributed by atoms with Crippen molar-refractivity contribution in [2.75, 3.05) is 13.2 Å². The van der Waals surface area contributed by atoms with Crippen molar-refractivity contribution in [1.29, 1.82) is 0 Å². The fourth-order valence-corrected chi connectivity index (χ4v) is 2.53. The van der Waals surface area contributed by atoms with Gasteiger partial charge in [-0.1, -0.05) is 53.7 Å². The van der Waals surface area contributed by atoms with Crippen molar-refractivity contribution >= 4 is 12.0 Å². The van der Waals surface area contributed by atoms with Crippen LogP contribution in [-0.2, 0) is 15.6 Å². The fraction of sp³-hybridized carbons (Fsp3) is 0.550. The minimum Gasteiger partial charge on any atom is -0.507 e. The molecule has 0 fully saturated rings. The van der Waals surface area contributed by atoms with Gasteiger partial charge in [0.1, 0.15) is 11.8 Å². The summed E-state index contributed by atoms with van der Waals surface area (Å²) in [6.45, 7) is 12.2. The molecular weight excluding hydrogens is 318 g/mol. The number of aliphatic carboxylic acids is 1. The predicted octanol–water partition coefficient (Wildman–Crippen LogP) is 3.04. The number of aliphatic hydroxyl groups excluding tert-OH is 1. The van der Waals surface area contributed by atoms with Crippen LogP contribution >= 0.6 is 0 Å². The predicted molar refractivity (Wildman–Crippen MR) is 101 cm³/mol. The van der Waals surface area contributed by atoms with Crippen molar-refractivity contribution in [3.8, 4) is 5.75 Å². The molecule has 140 valence electrons. The summed E-state index contributed by atoms with van der Waals surface area (Å²) in [6.07, 6.45) is 3.71. The van der Waals surface area contributed by atoms with Gasteiger partial charge in [-0.05, 0) is 28.5 Å². The lowest BCUT2D eigenvalue weighted by Gasteiger charge is -2.27. The van der Waals surface area contributed by atoms with Crippen LogP contribution in [0.15, 0.2) is 18.2 Å². The van der Waals surface area contributed by atoms with Gasteiger partial charge in [0.2, 0.25) is 0 Å². The molecule has 5 nitrogen and oxygen atoms in total. The number of carboxylic acids is 1. The number of hydrogen-bond donors (Lipinski definition) is 4. The summed E-state index contributed by atoms with van der Waals surface area (Å²) in [5.74, 6) is -0.743. The molecule has 0 amide bonds. The van der Waals surface area contributed by atoms with E-state index in [9.17, 15) is 9.90 Å². The Morgan fingerprint density at radius 1 is 1.12 bits per heavy atom. The Morgan fingerprint density at radius 3 is 1.96 bits per heavy atom. The highest BCUT2D eigenvalue weighted by Crippen LogP contribution is 2.39. The first kappa shape index (κ1) is 21.2. The van der Waals surface area contributed by atoms with Gasteiger partial charge in [-0.3, -0.25) is 10.1 Å². The van der Waals surface area contributed by atoms with E-state index in [4.69, 9.17) is 10.2 Å². The topological polar surface area (TPSA) is 89.8 Å². The van der Waals surface area contributed by atoms with Crippen molar-refractivity contribution in [2.45, 2.75) is 58.4 Å². The molecule has 0 bridgehead atoms. The maximum atomic E-state index is 10.9. The number of hydrogen-bond acceptors (Lipinski definition) is 4. The maximum absolute atomic E-state index is 10.9. The number of phenolic OH excluding ortho intramolecular Hbond substituents is 1. The van der Waals surface area contributed by atoms with E-state index < -0.39 is 18.6 Å². The number of rotatable bonds is 6. The molecule has 1 aromatic rings. The van der Waals surface area contributed by atoms with Gasteiger partial charge in [0.05, 0.1) is 6.61 Å². The number of phenols is 1. The number of benzene rings is 1. The van der Waals surface area contributed by atoms with Crippen LogP contribution in [0.25, 0.3) is 6.08 Å². The lowest BCUT2D eigenvalue weighted by Crippen LogP contribution is -2.39. The number of carboxylic acid groups (broad SMARTS) is 1. The quantitative estimate of drug-likeness (QED) is 0.634. The highest BCUT2D eigenvalue weighted by Gasteiger charge is 2.26. The fourth-order valence-electron chi connectivity index (χ4n) is 2.53. The number of aromatic hydroxyl groups is 1. The Bertz CT molecular complexity index is 601. The van der Waals surface area contributed by atoms with Crippen LogP contribution in [-0.4, -0.2) is 40.5 Å². The van der Waals surface area contributed by atoms with E-state index in [2.05, 4.69) is 46.9 Å². The second kappa shape index (κ2) is 8.02. The molecule has 1 atom stereocenters.